The average Bonchev–Trinajstić information content (AvgIpc) is 1.90. The molecule has 0 atom stereocenters. The van der Waals surface area contributed by atoms with E-state index in [1.807, 2.05) is 13.8 Å². The van der Waals surface area contributed by atoms with Crippen LogP contribution in [-0.4, -0.2) is 0 Å². The summed E-state index contributed by atoms with van der Waals surface area (Å²) in [7, 11) is 0. The summed E-state index contributed by atoms with van der Waals surface area (Å²) in [5.41, 5.74) is 1.64. The first-order chi connectivity index (χ1) is 4.55. The van der Waals surface area contributed by atoms with E-state index < -0.39 is 0 Å². The molecule has 0 rings (SSSR count). The lowest BCUT2D eigenvalue weighted by Gasteiger charge is -1.95. The molecule has 0 aromatic rings. The molecule has 0 bridgehead atoms. The minimum atomic E-state index is -0.329. The Hall–Kier alpha value is -0.850. The Morgan fingerprint density at radius 2 is 1.40 bits per heavy atom. The zero-order chi connectivity index (χ0) is 8.73. The van der Waals surface area contributed by atoms with E-state index in [1.165, 1.54) is 0 Å². The van der Waals surface area contributed by atoms with Crippen molar-refractivity contribution in [1.82, 2.24) is 0 Å². The van der Waals surface area contributed by atoms with E-state index in [9.17, 15) is 4.39 Å². The van der Waals surface area contributed by atoms with Crippen LogP contribution in [0.2, 0.25) is 0 Å². The van der Waals surface area contributed by atoms with Crippen LogP contribution >= 0.6 is 0 Å². The highest BCUT2D eigenvalue weighted by molar-refractivity contribution is 5.23. The second-order valence-electron chi connectivity index (χ2n) is 2.03. The largest absolute Gasteiger partial charge is 0.207 e. The van der Waals surface area contributed by atoms with Gasteiger partial charge in [-0.3, -0.25) is 0 Å². The topological polar surface area (TPSA) is 0 Å². The zero-order valence-electron chi connectivity index (χ0n) is 7.00. The highest BCUT2D eigenvalue weighted by Crippen LogP contribution is 2.11. The summed E-state index contributed by atoms with van der Waals surface area (Å²) in [5.74, 6) is -0.329. The fourth-order valence-corrected chi connectivity index (χ4v) is 0.271. The summed E-state index contributed by atoms with van der Waals surface area (Å²) >= 11 is 0. The second kappa shape index (κ2) is 6.27. The van der Waals surface area contributed by atoms with Crippen LogP contribution in [0.5, 0.6) is 0 Å². The first kappa shape index (κ1) is 11.9. The monoisotopic (exact) mass is 142 g/mol. The Labute approximate surface area is 62.8 Å². The first-order valence-corrected chi connectivity index (χ1v) is 3.04. The quantitative estimate of drug-likeness (QED) is 0.387. The molecule has 0 N–H and O–H groups in total. The molecule has 0 aliphatic heterocycles. The molecule has 58 valence electrons. The van der Waals surface area contributed by atoms with Crippen LogP contribution in [0.25, 0.3) is 0 Å². The average molecular weight is 142 g/mol. The van der Waals surface area contributed by atoms with Crippen molar-refractivity contribution >= 4 is 0 Å². The third kappa shape index (κ3) is 5.29. The van der Waals surface area contributed by atoms with Crippen LogP contribution in [0, 0.1) is 0 Å². The Balaban J connectivity index is 0. The summed E-state index contributed by atoms with van der Waals surface area (Å²) in [6, 6.07) is 0. The molecule has 0 unspecified atom stereocenters. The van der Waals surface area contributed by atoms with E-state index in [0.717, 1.165) is 5.57 Å². The lowest BCUT2D eigenvalue weighted by molar-refractivity contribution is 0.653. The van der Waals surface area contributed by atoms with Crippen molar-refractivity contribution in [1.29, 1.82) is 0 Å². The summed E-state index contributed by atoms with van der Waals surface area (Å²) < 4.78 is 12.1. The minimum Gasteiger partial charge on any atom is -0.207 e. The molecule has 0 fully saturated rings. The van der Waals surface area contributed by atoms with Crippen molar-refractivity contribution < 1.29 is 4.39 Å². The van der Waals surface area contributed by atoms with Crippen LogP contribution in [0.4, 0.5) is 4.39 Å². The normalized spacial score (nSPS) is 7.20. The highest BCUT2D eigenvalue weighted by Gasteiger charge is 1.93. The lowest BCUT2D eigenvalue weighted by atomic mass is 10.2. The van der Waals surface area contributed by atoms with Crippen molar-refractivity contribution in [2.24, 2.45) is 0 Å². The van der Waals surface area contributed by atoms with E-state index in [1.54, 1.807) is 6.92 Å². The van der Waals surface area contributed by atoms with Crippen LogP contribution in [0.1, 0.15) is 20.8 Å². The van der Waals surface area contributed by atoms with Gasteiger partial charge in [-0.05, 0) is 26.3 Å². The van der Waals surface area contributed by atoms with Gasteiger partial charge in [0.2, 0.25) is 0 Å². The Bertz CT molecular complexity index is 139. The predicted octanol–water partition coefficient (Wildman–Crippen LogP) is 3.63. The maximum Gasteiger partial charge on any atom is 0.118 e. The molecule has 0 radical (unpaired) electrons. The molecule has 0 aliphatic carbocycles. The van der Waals surface area contributed by atoms with E-state index in [-0.39, 0.29) is 5.83 Å². The van der Waals surface area contributed by atoms with Gasteiger partial charge in [0, 0.05) is 0 Å². The Morgan fingerprint density at radius 1 is 1.10 bits per heavy atom. The molecule has 0 aliphatic rings. The fourth-order valence-electron chi connectivity index (χ4n) is 0.271. The SMILES string of the molecule is C=C.C=C(F)C(C)=C(C)C. The molecule has 0 saturated carbocycles. The van der Waals surface area contributed by atoms with E-state index in [2.05, 4.69) is 19.7 Å². The maximum atomic E-state index is 12.1. The number of hydrogen-bond donors (Lipinski definition) is 0. The molecule has 10 heavy (non-hydrogen) atoms. The number of allylic oxidation sites excluding steroid dienone is 3. The molecule has 0 aromatic carbocycles. The van der Waals surface area contributed by atoms with Gasteiger partial charge in [0.1, 0.15) is 5.83 Å². The molecular formula is C9H15F. The van der Waals surface area contributed by atoms with Crippen molar-refractivity contribution in [2.45, 2.75) is 20.8 Å². The molecule has 0 amide bonds. The predicted molar refractivity (Wildman–Crippen MR) is 45.6 cm³/mol. The van der Waals surface area contributed by atoms with Gasteiger partial charge in [-0.25, -0.2) is 4.39 Å². The van der Waals surface area contributed by atoms with E-state index in [0.29, 0.717) is 5.57 Å². The molecule has 0 aromatic heterocycles. The molecule has 0 saturated heterocycles. The molecule has 0 heterocycles. The molecule has 0 nitrogen and oxygen atoms in total. The van der Waals surface area contributed by atoms with Crippen LogP contribution < -0.4 is 0 Å². The van der Waals surface area contributed by atoms with Gasteiger partial charge in [0.05, 0.1) is 0 Å². The van der Waals surface area contributed by atoms with Crippen LogP contribution in [-0.2, 0) is 0 Å². The fraction of sp³-hybridized carbons (Fsp3) is 0.333. The number of hydrogen-bond acceptors (Lipinski definition) is 0. The Kier molecular flexibility index (Phi) is 7.46. The van der Waals surface area contributed by atoms with Crippen molar-refractivity contribution in [2.75, 3.05) is 0 Å². The molecular weight excluding hydrogens is 127 g/mol. The van der Waals surface area contributed by atoms with E-state index >= 15 is 0 Å². The highest BCUT2D eigenvalue weighted by atomic mass is 19.1. The van der Waals surface area contributed by atoms with Gasteiger partial charge in [-0.2, -0.15) is 0 Å². The van der Waals surface area contributed by atoms with Gasteiger partial charge in [0.15, 0.2) is 0 Å². The minimum absolute atomic E-state index is 0.329. The first-order valence-electron chi connectivity index (χ1n) is 3.04. The summed E-state index contributed by atoms with van der Waals surface area (Å²) in [5, 5.41) is 0. The van der Waals surface area contributed by atoms with Crippen molar-refractivity contribution in [3.8, 4) is 0 Å². The lowest BCUT2D eigenvalue weighted by Crippen LogP contribution is -1.77. The van der Waals surface area contributed by atoms with E-state index in [4.69, 9.17) is 0 Å². The summed E-state index contributed by atoms with van der Waals surface area (Å²) in [6.45, 7) is 14.6. The van der Waals surface area contributed by atoms with Crippen LogP contribution in [0.3, 0.4) is 0 Å². The van der Waals surface area contributed by atoms with Gasteiger partial charge in [-0.1, -0.05) is 12.2 Å². The summed E-state index contributed by atoms with van der Waals surface area (Å²) in [6.07, 6.45) is 0. The standard InChI is InChI=1S/C7H11F.C2H4/c1-5(2)6(3)7(4)8;1-2/h4H2,1-3H3;1-2H2. The third-order valence-corrected chi connectivity index (χ3v) is 1.16. The summed E-state index contributed by atoms with van der Waals surface area (Å²) in [4.78, 5) is 0. The zero-order valence-corrected chi connectivity index (χ0v) is 7.00. The van der Waals surface area contributed by atoms with Crippen molar-refractivity contribution in [3.05, 3.63) is 36.7 Å². The Morgan fingerprint density at radius 3 is 1.40 bits per heavy atom. The van der Waals surface area contributed by atoms with Gasteiger partial charge in [-0.15, -0.1) is 13.2 Å². The second-order valence-corrected chi connectivity index (χ2v) is 2.03. The third-order valence-electron chi connectivity index (χ3n) is 1.16. The maximum absolute atomic E-state index is 12.1. The van der Waals surface area contributed by atoms with Gasteiger partial charge >= 0.3 is 0 Å². The number of rotatable bonds is 1. The van der Waals surface area contributed by atoms with Crippen LogP contribution in [0.15, 0.2) is 36.7 Å². The molecule has 1 heteroatoms. The number of halogens is 1. The van der Waals surface area contributed by atoms with Gasteiger partial charge < -0.3 is 0 Å². The van der Waals surface area contributed by atoms with Crippen molar-refractivity contribution in [3.63, 3.8) is 0 Å². The smallest absolute Gasteiger partial charge is 0.118 e. The van der Waals surface area contributed by atoms with Gasteiger partial charge in [0.25, 0.3) is 0 Å². The molecule has 0 spiro atoms.